The van der Waals surface area contributed by atoms with Crippen LogP contribution in [0.4, 0.5) is 15.8 Å². The molecule has 212 valence electrons. The van der Waals surface area contributed by atoms with Crippen molar-refractivity contribution in [3.63, 3.8) is 0 Å². The van der Waals surface area contributed by atoms with Gasteiger partial charge in [0.25, 0.3) is 0 Å². The van der Waals surface area contributed by atoms with Crippen molar-refractivity contribution in [2.24, 2.45) is 0 Å². The van der Waals surface area contributed by atoms with Crippen LogP contribution in [0.1, 0.15) is 27.8 Å². The van der Waals surface area contributed by atoms with E-state index >= 15 is 0 Å². The highest BCUT2D eigenvalue weighted by Gasteiger charge is 2.12. The zero-order valence-electron chi connectivity index (χ0n) is 24.3. The van der Waals surface area contributed by atoms with Crippen molar-refractivity contribution in [1.82, 2.24) is 0 Å². The fraction of sp³-hybridized carbons (Fsp3) is 0. The van der Waals surface area contributed by atoms with Gasteiger partial charge in [-0.05, 0) is 69.8 Å². The van der Waals surface area contributed by atoms with Crippen LogP contribution in [-0.2, 0) is 0 Å². The van der Waals surface area contributed by atoms with E-state index in [1.165, 1.54) is 28.8 Å². The van der Waals surface area contributed by atoms with E-state index in [0.717, 1.165) is 33.6 Å². The van der Waals surface area contributed by atoms with Gasteiger partial charge in [0.1, 0.15) is 5.82 Å². The molecule has 0 spiro atoms. The molecular formula is C42H32FN. The summed E-state index contributed by atoms with van der Waals surface area (Å²) in [6.45, 7) is 0. The fourth-order valence-corrected chi connectivity index (χ4v) is 5.17. The Morgan fingerprint density at radius 3 is 1.39 bits per heavy atom. The molecule has 0 radical (unpaired) electrons. The Bertz CT molecular complexity index is 1810. The first kappa shape index (κ1) is 28.4. The van der Waals surface area contributed by atoms with Gasteiger partial charge in [-0.1, -0.05) is 152 Å². The molecule has 0 aliphatic rings. The Kier molecular flexibility index (Phi) is 9.01. The number of rotatable bonds is 9. The van der Waals surface area contributed by atoms with E-state index in [4.69, 9.17) is 0 Å². The van der Waals surface area contributed by atoms with Crippen molar-refractivity contribution in [3.05, 3.63) is 222 Å². The second-order valence-electron chi connectivity index (χ2n) is 10.4. The molecule has 44 heavy (non-hydrogen) atoms. The average molecular weight is 570 g/mol. The molecule has 0 saturated heterocycles. The summed E-state index contributed by atoms with van der Waals surface area (Å²) in [5.41, 5.74) is 9.68. The Labute approximate surface area is 259 Å². The lowest BCUT2D eigenvalue weighted by molar-refractivity contribution is 0.627. The van der Waals surface area contributed by atoms with Crippen molar-refractivity contribution in [2.75, 3.05) is 4.90 Å². The standard InChI is InChI=1S/C42H32FN/c43-38-28-26-37(27-29-38)42(36-19-9-3-10-20-36)32-44(39-21-11-4-12-22-39)40-30-24-33(25-31-40)14-13-23-41(34-15-5-1-6-16-34)35-17-7-2-8-18-35/h1-32H. The molecule has 0 heterocycles. The van der Waals surface area contributed by atoms with E-state index in [1.54, 1.807) is 0 Å². The molecule has 0 aromatic heterocycles. The summed E-state index contributed by atoms with van der Waals surface area (Å²) in [5, 5.41) is 0. The molecule has 0 fully saturated rings. The zero-order chi connectivity index (χ0) is 30.0. The first-order chi connectivity index (χ1) is 21.7. The van der Waals surface area contributed by atoms with Gasteiger partial charge in [-0.25, -0.2) is 4.39 Å². The van der Waals surface area contributed by atoms with Gasteiger partial charge in [-0.2, -0.15) is 0 Å². The van der Waals surface area contributed by atoms with Crippen LogP contribution in [0.5, 0.6) is 0 Å². The molecule has 0 N–H and O–H groups in total. The van der Waals surface area contributed by atoms with Crippen LogP contribution < -0.4 is 4.90 Å². The minimum absolute atomic E-state index is 0.251. The summed E-state index contributed by atoms with van der Waals surface area (Å²) >= 11 is 0. The Morgan fingerprint density at radius 2 is 0.864 bits per heavy atom. The number of para-hydroxylation sites is 1. The minimum atomic E-state index is -0.251. The van der Waals surface area contributed by atoms with E-state index in [0.29, 0.717) is 0 Å². The molecule has 0 saturated carbocycles. The van der Waals surface area contributed by atoms with Gasteiger partial charge in [0.15, 0.2) is 0 Å². The van der Waals surface area contributed by atoms with Crippen LogP contribution in [0.2, 0.25) is 0 Å². The molecule has 1 nitrogen and oxygen atoms in total. The van der Waals surface area contributed by atoms with Gasteiger partial charge < -0.3 is 4.90 Å². The zero-order valence-corrected chi connectivity index (χ0v) is 24.3. The number of hydrogen-bond donors (Lipinski definition) is 0. The Balaban J connectivity index is 1.35. The highest BCUT2D eigenvalue weighted by Crippen LogP contribution is 2.32. The monoisotopic (exact) mass is 569 g/mol. The molecule has 0 unspecified atom stereocenters. The van der Waals surface area contributed by atoms with Crippen molar-refractivity contribution in [3.8, 4) is 0 Å². The van der Waals surface area contributed by atoms with Crippen LogP contribution in [0.3, 0.4) is 0 Å². The SMILES string of the molecule is Fc1ccc(C(=CN(c2ccccc2)c2ccc(C=CC=C(c3ccccc3)c3ccccc3)cc2)c2ccccc2)cc1. The van der Waals surface area contributed by atoms with E-state index in [2.05, 4.69) is 126 Å². The maximum Gasteiger partial charge on any atom is 0.123 e. The number of hydrogen-bond acceptors (Lipinski definition) is 1. The van der Waals surface area contributed by atoms with E-state index < -0.39 is 0 Å². The third kappa shape index (κ3) is 7.00. The second kappa shape index (κ2) is 14.0. The van der Waals surface area contributed by atoms with E-state index in [1.807, 2.05) is 60.7 Å². The van der Waals surface area contributed by atoms with Gasteiger partial charge in [-0.3, -0.25) is 0 Å². The van der Waals surface area contributed by atoms with Crippen molar-refractivity contribution in [2.45, 2.75) is 0 Å². The summed E-state index contributed by atoms with van der Waals surface area (Å²) in [4.78, 5) is 2.18. The van der Waals surface area contributed by atoms with Crippen LogP contribution in [0.25, 0.3) is 17.2 Å². The first-order valence-electron chi connectivity index (χ1n) is 14.7. The summed E-state index contributed by atoms with van der Waals surface area (Å²) < 4.78 is 13.8. The molecule has 0 amide bonds. The molecule has 6 aromatic carbocycles. The Hall–Kier alpha value is -5.73. The maximum absolute atomic E-state index is 13.8. The maximum atomic E-state index is 13.8. The lowest BCUT2D eigenvalue weighted by Gasteiger charge is -2.23. The molecule has 0 bridgehead atoms. The Morgan fingerprint density at radius 1 is 0.432 bits per heavy atom. The molecule has 0 aliphatic heterocycles. The van der Waals surface area contributed by atoms with Crippen molar-refractivity contribution < 1.29 is 4.39 Å². The van der Waals surface area contributed by atoms with E-state index in [-0.39, 0.29) is 5.82 Å². The quantitative estimate of drug-likeness (QED) is 0.157. The van der Waals surface area contributed by atoms with Gasteiger partial charge in [0, 0.05) is 23.1 Å². The molecule has 0 aliphatic carbocycles. The largest absolute Gasteiger partial charge is 0.317 e. The number of benzene rings is 6. The average Bonchev–Trinajstić information content (AvgIpc) is 3.10. The van der Waals surface area contributed by atoms with Crippen LogP contribution in [0.15, 0.2) is 188 Å². The van der Waals surface area contributed by atoms with Gasteiger partial charge in [0.05, 0.1) is 0 Å². The van der Waals surface area contributed by atoms with Crippen LogP contribution in [0, 0.1) is 5.82 Å². The van der Waals surface area contributed by atoms with Crippen molar-refractivity contribution in [1.29, 1.82) is 0 Å². The summed E-state index contributed by atoms with van der Waals surface area (Å²) in [5.74, 6) is -0.251. The number of anilines is 2. The summed E-state index contributed by atoms with van der Waals surface area (Å²) in [6, 6.07) is 56.6. The number of nitrogens with zero attached hydrogens (tertiary/aromatic N) is 1. The molecule has 0 atom stereocenters. The lowest BCUT2D eigenvalue weighted by atomic mass is 9.97. The molecule has 2 heteroatoms. The highest BCUT2D eigenvalue weighted by molar-refractivity contribution is 5.84. The summed E-state index contributed by atoms with van der Waals surface area (Å²) in [6.07, 6.45) is 8.55. The number of allylic oxidation sites excluding steroid dienone is 2. The fourth-order valence-electron chi connectivity index (χ4n) is 5.17. The minimum Gasteiger partial charge on any atom is -0.317 e. The normalized spacial score (nSPS) is 11.3. The predicted molar refractivity (Wildman–Crippen MR) is 184 cm³/mol. The van der Waals surface area contributed by atoms with Crippen molar-refractivity contribution >= 4 is 28.6 Å². The van der Waals surface area contributed by atoms with Crippen LogP contribution in [-0.4, -0.2) is 0 Å². The van der Waals surface area contributed by atoms with Gasteiger partial charge in [0.2, 0.25) is 0 Å². The smallest absolute Gasteiger partial charge is 0.123 e. The molecular weight excluding hydrogens is 537 g/mol. The van der Waals surface area contributed by atoms with Gasteiger partial charge >= 0.3 is 0 Å². The molecule has 6 rings (SSSR count). The number of halogens is 1. The topological polar surface area (TPSA) is 3.24 Å². The second-order valence-corrected chi connectivity index (χ2v) is 10.4. The van der Waals surface area contributed by atoms with Gasteiger partial charge in [-0.15, -0.1) is 0 Å². The predicted octanol–water partition coefficient (Wildman–Crippen LogP) is 11.2. The first-order valence-corrected chi connectivity index (χ1v) is 14.7. The summed E-state index contributed by atoms with van der Waals surface area (Å²) in [7, 11) is 0. The third-order valence-corrected chi connectivity index (χ3v) is 7.42. The highest BCUT2D eigenvalue weighted by atomic mass is 19.1. The van der Waals surface area contributed by atoms with E-state index in [9.17, 15) is 4.39 Å². The molecule has 6 aromatic rings. The van der Waals surface area contributed by atoms with Crippen LogP contribution >= 0.6 is 0 Å². The third-order valence-electron chi connectivity index (χ3n) is 7.42. The lowest BCUT2D eigenvalue weighted by Crippen LogP contribution is -2.10.